The molecule has 0 N–H and O–H groups in total. The summed E-state index contributed by atoms with van der Waals surface area (Å²) in [6.07, 6.45) is 0. The maximum absolute atomic E-state index is 7.50. The molecule has 0 saturated carbocycles. The van der Waals surface area contributed by atoms with E-state index >= 15 is 0 Å². The van der Waals surface area contributed by atoms with Crippen molar-refractivity contribution in [2.45, 2.75) is 0 Å². The molecule has 0 aromatic heterocycles. The zero-order valence-corrected chi connectivity index (χ0v) is 9.64. The van der Waals surface area contributed by atoms with E-state index in [4.69, 9.17) is 9.30 Å². The van der Waals surface area contributed by atoms with E-state index in [1.54, 1.807) is 6.07 Å². The van der Waals surface area contributed by atoms with E-state index < -0.39 is 0 Å². The fraction of sp³-hybridized carbons (Fsp3) is 0.222. The first-order valence-electron chi connectivity index (χ1n) is 2.99. The minimum absolute atomic E-state index is 1.08. The SMILES string of the molecule is CN(C)[P]=[Fe].[C-]#[O+].[C-]#[O+].[c-]1[c-][c-][cH-][c-]1. The normalized spacial score (nSPS) is 6.86. The second kappa shape index (κ2) is 22.9. The third-order valence-corrected chi connectivity index (χ3v) is 2.10. The third kappa shape index (κ3) is 29.9. The minimum Gasteiger partial charge on any atom is -0.999 e. The smallest absolute Gasteiger partial charge is 0.800 e. The average molecular weight is 248 g/mol. The van der Waals surface area contributed by atoms with Crippen molar-refractivity contribution in [2.24, 2.45) is 0 Å². The molecule has 14 heavy (non-hydrogen) atoms. The molecular formula is C9H7FeNO2P-5. The summed E-state index contributed by atoms with van der Waals surface area (Å²) in [7, 11) is 3.96. The molecule has 0 atom stereocenters. The summed E-state index contributed by atoms with van der Waals surface area (Å²) < 4.78 is 17.0. The molecule has 0 bridgehead atoms. The molecule has 0 aliphatic rings. The van der Waals surface area contributed by atoms with Gasteiger partial charge in [0.1, 0.15) is 0 Å². The van der Waals surface area contributed by atoms with E-state index in [1.807, 2.05) is 18.8 Å². The van der Waals surface area contributed by atoms with Crippen LogP contribution >= 0.6 is 6.98 Å². The Hall–Kier alpha value is -0.391. The van der Waals surface area contributed by atoms with Crippen molar-refractivity contribution in [3.05, 3.63) is 43.6 Å². The van der Waals surface area contributed by atoms with E-state index in [9.17, 15) is 0 Å². The van der Waals surface area contributed by atoms with E-state index in [0.29, 0.717) is 0 Å². The Balaban J connectivity index is -0.000000128. The van der Waals surface area contributed by atoms with E-state index in [-0.39, 0.29) is 0 Å². The third-order valence-electron chi connectivity index (χ3n) is 0.493. The summed E-state index contributed by atoms with van der Waals surface area (Å²) in [6.45, 7) is 10.1. The van der Waals surface area contributed by atoms with Gasteiger partial charge in [-0.1, -0.05) is 0 Å². The van der Waals surface area contributed by atoms with Crippen LogP contribution in [0.4, 0.5) is 0 Å². The Bertz CT molecular complexity index is 196. The molecule has 0 aliphatic carbocycles. The zero-order valence-electron chi connectivity index (χ0n) is 7.64. The number of hydrogen-bond donors (Lipinski definition) is 0. The fourth-order valence-corrected chi connectivity index (χ4v) is 0.180. The largest absolute Gasteiger partial charge is 0.999 e. The monoisotopic (exact) mass is 248 g/mol. The van der Waals surface area contributed by atoms with Crippen molar-refractivity contribution in [3.8, 4) is 0 Å². The van der Waals surface area contributed by atoms with Crippen molar-refractivity contribution in [1.82, 2.24) is 4.67 Å². The Labute approximate surface area is 94.0 Å². The van der Waals surface area contributed by atoms with Gasteiger partial charge in [-0.3, -0.25) is 0 Å². The van der Waals surface area contributed by atoms with Crippen LogP contribution in [0.2, 0.25) is 0 Å². The first-order chi connectivity index (χ1) is 6.77. The minimum atomic E-state index is 1.08. The van der Waals surface area contributed by atoms with Crippen LogP contribution < -0.4 is 0 Å². The second-order valence-corrected chi connectivity index (χ2v) is 3.20. The summed E-state index contributed by atoms with van der Waals surface area (Å²) in [5.41, 5.74) is 0. The van der Waals surface area contributed by atoms with Crippen LogP contribution in [0.15, 0.2) is 6.07 Å². The Kier molecular flexibility index (Phi) is 31.5. The summed E-state index contributed by atoms with van der Waals surface area (Å²) in [4.78, 5) is 0. The number of nitrogens with zero attached hydrogens (tertiary/aromatic N) is 1. The van der Waals surface area contributed by atoms with Gasteiger partial charge in [-0.2, -0.15) is 0 Å². The van der Waals surface area contributed by atoms with Crippen LogP contribution in [0.3, 0.4) is 0 Å². The average Bonchev–Trinajstić information content (AvgIpc) is 2.82. The van der Waals surface area contributed by atoms with Gasteiger partial charge in [-0.05, 0) is 0 Å². The summed E-state index contributed by atoms with van der Waals surface area (Å²) in [6, 6.07) is 12.0. The predicted molar refractivity (Wildman–Crippen MR) is 45.8 cm³/mol. The molecule has 0 unspecified atom stereocenters. The van der Waals surface area contributed by atoms with E-state index in [1.165, 1.54) is 0 Å². The molecule has 1 aromatic carbocycles. The van der Waals surface area contributed by atoms with Crippen LogP contribution in [0.25, 0.3) is 0 Å². The van der Waals surface area contributed by atoms with Gasteiger partial charge in [0, 0.05) is 0 Å². The van der Waals surface area contributed by atoms with E-state index in [2.05, 4.69) is 52.7 Å². The van der Waals surface area contributed by atoms with Gasteiger partial charge >= 0.3 is 63.4 Å². The fourth-order valence-electron chi connectivity index (χ4n) is 0.180. The van der Waals surface area contributed by atoms with Gasteiger partial charge < -0.3 is 30.3 Å². The van der Waals surface area contributed by atoms with Gasteiger partial charge in [0.2, 0.25) is 0 Å². The second-order valence-electron chi connectivity index (χ2n) is 1.60. The first-order valence-corrected chi connectivity index (χ1v) is 5.19. The molecule has 0 fully saturated rings. The zero-order chi connectivity index (χ0) is 11.8. The Morgan fingerprint density at radius 1 is 1.14 bits per heavy atom. The van der Waals surface area contributed by atoms with Gasteiger partial charge in [0.15, 0.2) is 0 Å². The van der Waals surface area contributed by atoms with Crippen LogP contribution in [-0.4, -0.2) is 18.8 Å². The van der Waals surface area contributed by atoms with E-state index in [0.717, 1.165) is 6.98 Å². The Morgan fingerprint density at radius 3 is 1.50 bits per heavy atom. The molecular weight excluding hydrogens is 241 g/mol. The van der Waals surface area contributed by atoms with Crippen molar-refractivity contribution in [3.63, 3.8) is 0 Å². The molecule has 78 valence electrons. The molecule has 1 rings (SSSR count). The quantitative estimate of drug-likeness (QED) is 0.320. The van der Waals surface area contributed by atoms with Crippen LogP contribution in [0, 0.1) is 37.6 Å². The maximum atomic E-state index is 7.50. The summed E-state index contributed by atoms with van der Waals surface area (Å²) in [5, 5.41) is 0. The molecule has 0 saturated heterocycles. The first kappa shape index (κ1) is 19.2. The van der Waals surface area contributed by atoms with Crippen molar-refractivity contribution in [2.75, 3.05) is 14.1 Å². The molecule has 1 aromatic rings. The molecule has 0 heterocycles. The number of hydrogen-bond acceptors (Lipinski definition) is 1. The van der Waals surface area contributed by atoms with Gasteiger partial charge in [-0.25, -0.2) is 0 Å². The van der Waals surface area contributed by atoms with Gasteiger partial charge in [0.05, 0.1) is 0 Å². The number of rotatable bonds is 1. The van der Waals surface area contributed by atoms with Gasteiger partial charge in [-0.15, -0.1) is 0 Å². The summed E-state index contributed by atoms with van der Waals surface area (Å²) in [5.74, 6) is 0. The van der Waals surface area contributed by atoms with Crippen molar-refractivity contribution >= 4 is 6.98 Å². The van der Waals surface area contributed by atoms with Crippen molar-refractivity contribution < 1.29 is 24.4 Å². The van der Waals surface area contributed by atoms with Gasteiger partial charge in [0.25, 0.3) is 0 Å². The predicted octanol–water partition coefficient (Wildman–Crippen LogP) is 1.40. The topological polar surface area (TPSA) is 43.0 Å². The van der Waals surface area contributed by atoms with Crippen LogP contribution in [-0.2, 0) is 24.4 Å². The molecule has 0 radical (unpaired) electrons. The molecule has 0 spiro atoms. The molecule has 0 amide bonds. The van der Waals surface area contributed by atoms with Crippen molar-refractivity contribution in [1.29, 1.82) is 0 Å². The molecule has 5 heteroatoms. The standard InChI is InChI=1S/C5H.C2H6NP.2CO.Fe/c1-2-4-5-3-1;1-3(2)4;2*1-2;/h1H;1-2H3;;;/q-5;;;;. The van der Waals surface area contributed by atoms with Crippen LogP contribution in [0.5, 0.6) is 0 Å². The molecule has 3 nitrogen and oxygen atoms in total. The summed E-state index contributed by atoms with van der Waals surface area (Å²) >= 11 is 3.58. The molecule has 0 aliphatic heterocycles. The van der Waals surface area contributed by atoms with Crippen LogP contribution in [0.1, 0.15) is 0 Å². The Morgan fingerprint density at radius 2 is 1.43 bits per heavy atom. The maximum Gasteiger partial charge on any atom is -0.800 e.